The number of nitrogens with one attached hydrogen (secondary N) is 1. The Kier molecular flexibility index (Phi) is 2.50. The monoisotopic (exact) mass is 238 g/mol. The standard InChI is InChI=1S/C11H15ClN4/c12-11-7(3-13)1-9(5-15-11)16-6-8-2-10(16)4-14-8/h1,5,8,10,14H,2-4,6,13H2/t8-,10-/m0/s1. The van der Waals surface area contributed by atoms with Crippen LogP contribution in [-0.2, 0) is 6.54 Å². The van der Waals surface area contributed by atoms with Gasteiger partial charge in [-0.05, 0) is 12.5 Å². The summed E-state index contributed by atoms with van der Waals surface area (Å²) >= 11 is 5.96. The molecule has 2 bridgehead atoms. The summed E-state index contributed by atoms with van der Waals surface area (Å²) in [5, 5.41) is 4.00. The van der Waals surface area contributed by atoms with E-state index in [4.69, 9.17) is 17.3 Å². The first-order valence-electron chi connectivity index (χ1n) is 5.62. The van der Waals surface area contributed by atoms with Gasteiger partial charge in [0.25, 0.3) is 0 Å². The quantitative estimate of drug-likeness (QED) is 0.747. The van der Waals surface area contributed by atoms with Crippen LogP contribution >= 0.6 is 11.6 Å². The third kappa shape index (κ3) is 1.57. The molecule has 0 spiro atoms. The first kappa shape index (κ1) is 10.3. The summed E-state index contributed by atoms with van der Waals surface area (Å²) in [7, 11) is 0. The number of fused-ring (bicyclic) bond motifs is 2. The maximum absolute atomic E-state index is 5.96. The fraction of sp³-hybridized carbons (Fsp3) is 0.545. The first-order chi connectivity index (χ1) is 7.78. The summed E-state index contributed by atoms with van der Waals surface area (Å²) in [5.74, 6) is 0. The van der Waals surface area contributed by atoms with Crippen molar-refractivity contribution in [3.8, 4) is 0 Å². The second-order valence-electron chi connectivity index (χ2n) is 4.49. The van der Waals surface area contributed by atoms with Gasteiger partial charge in [0.2, 0.25) is 0 Å². The molecule has 4 nitrogen and oxygen atoms in total. The maximum Gasteiger partial charge on any atom is 0.133 e. The molecule has 0 radical (unpaired) electrons. The summed E-state index contributed by atoms with van der Waals surface area (Å²) in [6.45, 7) is 2.59. The SMILES string of the molecule is NCc1cc(N2C[C@@H]3C[C@H]2CN3)cnc1Cl. The lowest BCUT2D eigenvalue weighted by Crippen LogP contribution is -2.43. The highest BCUT2D eigenvalue weighted by Crippen LogP contribution is 2.30. The van der Waals surface area contributed by atoms with E-state index in [1.807, 2.05) is 6.20 Å². The Hall–Kier alpha value is -0.840. The number of anilines is 1. The predicted molar refractivity (Wildman–Crippen MR) is 64.7 cm³/mol. The Bertz CT molecular complexity index is 409. The van der Waals surface area contributed by atoms with E-state index in [1.54, 1.807) is 0 Å². The van der Waals surface area contributed by atoms with Crippen LogP contribution in [0.3, 0.4) is 0 Å². The smallest absolute Gasteiger partial charge is 0.133 e. The molecule has 0 aliphatic carbocycles. The summed E-state index contributed by atoms with van der Waals surface area (Å²) in [4.78, 5) is 6.61. The minimum atomic E-state index is 0.444. The highest BCUT2D eigenvalue weighted by atomic mass is 35.5. The molecule has 0 saturated carbocycles. The summed E-state index contributed by atoms with van der Waals surface area (Å²) in [6, 6.07) is 3.32. The number of nitrogens with two attached hydrogens (primary N) is 1. The zero-order valence-electron chi connectivity index (χ0n) is 8.99. The molecule has 5 heteroatoms. The van der Waals surface area contributed by atoms with Gasteiger partial charge >= 0.3 is 0 Å². The summed E-state index contributed by atoms with van der Waals surface area (Å²) < 4.78 is 0. The highest BCUT2D eigenvalue weighted by Gasteiger charge is 2.37. The molecule has 1 aromatic heterocycles. The number of rotatable bonds is 2. The molecule has 2 aliphatic heterocycles. The van der Waals surface area contributed by atoms with Gasteiger partial charge in [-0.3, -0.25) is 0 Å². The molecule has 86 valence electrons. The van der Waals surface area contributed by atoms with Crippen LogP contribution in [0.2, 0.25) is 5.15 Å². The van der Waals surface area contributed by atoms with Gasteiger partial charge in [-0.15, -0.1) is 0 Å². The van der Waals surface area contributed by atoms with E-state index < -0.39 is 0 Å². The lowest BCUT2D eigenvalue weighted by atomic mass is 10.2. The molecule has 2 atom stereocenters. The van der Waals surface area contributed by atoms with E-state index >= 15 is 0 Å². The van der Waals surface area contributed by atoms with Crippen LogP contribution in [0.4, 0.5) is 5.69 Å². The summed E-state index contributed by atoms with van der Waals surface area (Å²) in [6.07, 6.45) is 3.09. The highest BCUT2D eigenvalue weighted by molar-refractivity contribution is 6.30. The van der Waals surface area contributed by atoms with Crippen LogP contribution in [0.25, 0.3) is 0 Å². The van der Waals surface area contributed by atoms with Gasteiger partial charge in [-0.2, -0.15) is 0 Å². The van der Waals surface area contributed by atoms with Gasteiger partial charge in [-0.1, -0.05) is 11.6 Å². The Morgan fingerprint density at radius 2 is 2.50 bits per heavy atom. The molecular weight excluding hydrogens is 224 g/mol. The Labute approximate surface area is 99.8 Å². The molecule has 2 aliphatic rings. The van der Waals surface area contributed by atoms with Crippen molar-refractivity contribution in [2.24, 2.45) is 5.73 Å². The molecule has 0 amide bonds. The average Bonchev–Trinajstić information content (AvgIpc) is 2.91. The number of halogens is 1. The molecule has 3 heterocycles. The first-order valence-corrected chi connectivity index (χ1v) is 6.00. The number of hydrogen-bond acceptors (Lipinski definition) is 4. The van der Waals surface area contributed by atoms with Crippen molar-refractivity contribution >= 4 is 17.3 Å². The van der Waals surface area contributed by atoms with E-state index in [2.05, 4.69) is 21.3 Å². The minimum absolute atomic E-state index is 0.444. The van der Waals surface area contributed by atoms with E-state index in [0.29, 0.717) is 23.8 Å². The van der Waals surface area contributed by atoms with Crippen LogP contribution < -0.4 is 16.0 Å². The molecule has 1 aromatic rings. The van der Waals surface area contributed by atoms with Gasteiger partial charge in [0, 0.05) is 37.3 Å². The predicted octanol–water partition coefficient (Wildman–Crippen LogP) is 0.744. The molecule has 0 unspecified atom stereocenters. The molecule has 0 aromatic carbocycles. The third-order valence-corrected chi connectivity index (χ3v) is 3.85. The van der Waals surface area contributed by atoms with Crippen molar-refractivity contribution in [3.05, 3.63) is 23.0 Å². The number of nitrogens with zero attached hydrogens (tertiary/aromatic N) is 2. The molecule has 16 heavy (non-hydrogen) atoms. The van der Waals surface area contributed by atoms with Crippen LogP contribution in [-0.4, -0.2) is 30.2 Å². The van der Waals surface area contributed by atoms with E-state index in [1.165, 1.54) is 6.42 Å². The molecule has 3 rings (SSSR count). The van der Waals surface area contributed by atoms with Gasteiger partial charge in [0.05, 0.1) is 11.9 Å². The largest absolute Gasteiger partial charge is 0.364 e. The van der Waals surface area contributed by atoms with Gasteiger partial charge in [0.1, 0.15) is 5.15 Å². The Balaban J connectivity index is 1.89. The molecule has 2 fully saturated rings. The topological polar surface area (TPSA) is 54.2 Å². The lowest BCUT2D eigenvalue weighted by molar-refractivity contribution is 0.579. The van der Waals surface area contributed by atoms with Crippen LogP contribution in [0.5, 0.6) is 0 Å². The van der Waals surface area contributed by atoms with Crippen LogP contribution in [0.15, 0.2) is 12.3 Å². The number of hydrogen-bond donors (Lipinski definition) is 2. The zero-order valence-corrected chi connectivity index (χ0v) is 9.74. The Morgan fingerprint density at radius 1 is 1.62 bits per heavy atom. The third-order valence-electron chi connectivity index (χ3n) is 3.51. The van der Waals surface area contributed by atoms with E-state index in [-0.39, 0.29) is 0 Å². The van der Waals surface area contributed by atoms with Crippen LogP contribution in [0, 0.1) is 0 Å². The van der Waals surface area contributed by atoms with Crippen molar-refractivity contribution in [2.75, 3.05) is 18.0 Å². The minimum Gasteiger partial charge on any atom is -0.364 e. The second kappa shape index (κ2) is 3.87. The van der Waals surface area contributed by atoms with Crippen molar-refractivity contribution in [3.63, 3.8) is 0 Å². The molecule has 2 saturated heterocycles. The number of piperazine rings is 1. The van der Waals surface area contributed by atoms with Crippen molar-refractivity contribution in [2.45, 2.75) is 25.0 Å². The maximum atomic E-state index is 5.96. The van der Waals surface area contributed by atoms with Crippen molar-refractivity contribution < 1.29 is 0 Å². The average molecular weight is 239 g/mol. The zero-order chi connectivity index (χ0) is 11.1. The van der Waals surface area contributed by atoms with E-state index in [0.717, 1.165) is 24.3 Å². The van der Waals surface area contributed by atoms with E-state index in [9.17, 15) is 0 Å². The number of aromatic nitrogens is 1. The second-order valence-corrected chi connectivity index (χ2v) is 4.85. The van der Waals surface area contributed by atoms with Gasteiger partial charge in [0.15, 0.2) is 0 Å². The normalized spacial score (nSPS) is 27.8. The number of pyridine rings is 1. The lowest BCUT2D eigenvalue weighted by Gasteiger charge is -2.29. The van der Waals surface area contributed by atoms with Gasteiger partial charge in [-0.25, -0.2) is 4.98 Å². The fourth-order valence-electron chi connectivity index (χ4n) is 2.66. The Morgan fingerprint density at radius 3 is 3.12 bits per heavy atom. The molecule has 3 N–H and O–H groups in total. The van der Waals surface area contributed by atoms with Crippen molar-refractivity contribution in [1.82, 2.24) is 10.3 Å². The fourth-order valence-corrected chi connectivity index (χ4v) is 2.84. The molecular formula is C11H15ClN4. The van der Waals surface area contributed by atoms with Crippen molar-refractivity contribution in [1.29, 1.82) is 0 Å². The summed E-state index contributed by atoms with van der Waals surface area (Å²) in [5.41, 5.74) is 7.72. The van der Waals surface area contributed by atoms with Crippen LogP contribution in [0.1, 0.15) is 12.0 Å². The van der Waals surface area contributed by atoms with Gasteiger partial charge < -0.3 is 16.0 Å².